The molecule has 1 amide bonds. The third-order valence-corrected chi connectivity index (χ3v) is 4.42. The lowest BCUT2D eigenvalue weighted by Gasteiger charge is -2.14. The summed E-state index contributed by atoms with van der Waals surface area (Å²) in [7, 11) is 0. The largest absolute Gasteiger partial charge is 0.393 e. The Hall–Kier alpha value is -3.75. The predicted octanol–water partition coefficient (Wildman–Crippen LogP) is 3.30. The van der Waals surface area contributed by atoms with Crippen LogP contribution >= 0.6 is 0 Å². The molecular weight excluding hydrogens is 365 g/mol. The van der Waals surface area contributed by atoms with E-state index in [0.29, 0.717) is 5.69 Å². The van der Waals surface area contributed by atoms with Gasteiger partial charge in [0.05, 0.1) is 22.8 Å². The van der Waals surface area contributed by atoms with E-state index in [1.165, 1.54) is 24.3 Å². The van der Waals surface area contributed by atoms with Gasteiger partial charge in [-0.2, -0.15) is 5.10 Å². The highest BCUT2D eigenvalue weighted by molar-refractivity contribution is 5.95. The average Bonchev–Trinajstić information content (AvgIpc) is 3.04. The van der Waals surface area contributed by atoms with Gasteiger partial charge in [-0.25, -0.2) is 9.07 Å². The lowest BCUT2D eigenvalue weighted by molar-refractivity contribution is -0.383. The Bertz CT molecular complexity index is 1050. The summed E-state index contributed by atoms with van der Waals surface area (Å²) in [6, 6.07) is 9.40. The second-order valence-electron chi connectivity index (χ2n) is 6.30. The summed E-state index contributed by atoms with van der Waals surface area (Å²) in [5.41, 5.74) is 7.61. The van der Waals surface area contributed by atoms with Crippen molar-refractivity contribution in [1.29, 1.82) is 0 Å². The minimum Gasteiger partial charge on any atom is -0.393 e. The van der Waals surface area contributed by atoms with Gasteiger partial charge in [0.25, 0.3) is 11.6 Å². The molecule has 0 saturated heterocycles. The molecule has 2 aromatic carbocycles. The van der Waals surface area contributed by atoms with Crippen LogP contribution < -0.4 is 11.1 Å². The van der Waals surface area contributed by atoms with Crippen LogP contribution in [-0.4, -0.2) is 20.6 Å². The molecule has 0 fully saturated rings. The van der Waals surface area contributed by atoms with Crippen LogP contribution in [-0.2, 0) is 0 Å². The molecule has 0 aliphatic rings. The van der Waals surface area contributed by atoms with Crippen LogP contribution in [0.4, 0.5) is 15.8 Å². The number of amides is 1. The standard InChI is InChI=1S/C19H18FN5O3/c1-11(23-19(26)13-3-8-17(21)18(9-13)25(27)28)16-10-22-24(12(16)2)15-6-4-14(20)5-7-15/h3-11H,21H2,1-2H3,(H,23,26). The fourth-order valence-electron chi connectivity index (χ4n) is 2.89. The molecule has 0 spiro atoms. The fraction of sp³-hybridized carbons (Fsp3) is 0.158. The first-order valence-corrected chi connectivity index (χ1v) is 8.43. The average molecular weight is 383 g/mol. The molecule has 0 aliphatic heterocycles. The fourth-order valence-corrected chi connectivity index (χ4v) is 2.89. The van der Waals surface area contributed by atoms with Crippen LogP contribution in [0.15, 0.2) is 48.7 Å². The Morgan fingerprint density at radius 2 is 1.96 bits per heavy atom. The quantitative estimate of drug-likeness (QED) is 0.398. The van der Waals surface area contributed by atoms with E-state index in [2.05, 4.69) is 10.4 Å². The number of carbonyl (C=O) groups is 1. The van der Waals surface area contributed by atoms with Gasteiger partial charge in [-0.3, -0.25) is 14.9 Å². The number of aromatic nitrogens is 2. The zero-order chi connectivity index (χ0) is 20.4. The van der Waals surface area contributed by atoms with Gasteiger partial charge in [0, 0.05) is 22.9 Å². The van der Waals surface area contributed by atoms with Gasteiger partial charge in [0.15, 0.2) is 0 Å². The van der Waals surface area contributed by atoms with Gasteiger partial charge in [-0.1, -0.05) is 0 Å². The molecule has 144 valence electrons. The van der Waals surface area contributed by atoms with Crippen molar-refractivity contribution in [2.24, 2.45) is 0 Å². The maximum Gasteiger partial charge on any atom is 0.292 e. The topological polar surface area (TPSA) is 116 Å². The molecule has 9 heteroatoms. The number of nitrogens with one attached hydrogen (secondary N) is 1. The third-order valence-electron chi connectivity index (χ3n) is 4.42. The summed E-state index contributed by atoms with van der Waals surface area (Å²) in [6.07, 6.45) is 1.62. The zero-order valence-electron chi connectivity index (χ0n) is 15.2. The van der Waals surface area contributed by atoms with Crippen molar-refractivity contribution in [2.45, 2.75) is 19.9 Å². The summed E-state index contributed by atoms with van der Waals surface area (Å²) in [5.74, 6) is -0.809. The molecule has 3 rings (SSSR count). The van der Waals surface area contributed by atoms with E-state index >= 15 is 0 Å². The summed E-state index contributed by atoms with van der Waals surface area (Å²) >= 11 is 0. The van der Waals surface area contributed by atoms with Crippen LogP contribution in [0.1, 0.15) is 34.6 Å². The molecule has 1 aromatic heterocycles. The minimum absolute atomic E-state index is 0.00832. The number of nitrogens with two attached hydrogens (primary N) is 1. The summed E-state index contributed by atoms with van der Waals surface area (Å²) < 4.78 is 14.8. The van der Waals surface area contributed by atoms with E-state index in [-0.39, 0.29) is 22.8 Å². The zero-order valence-corrected chi connectivity index (χ0v) is 15.2. The summed E-state index contributed by atoms with van der Waals surface area (Å²) in [6.45, 7) is 3.62. The summed E-state index contributed by atoms with van der Waals surface area (Å²) in [5, 5.41) is 18.1. The van der Waals surface area contributed by atoms with Crippen molar-refractivity contribution in [3.8, 4) is 5.69 Å². The number of rotatable bonds is 5. The number of hydrogen-bond acceptors (Lipinski definition) is 5. The van der Waals surface area contributed by atoms with Crippen LogP contribution in [0.2, 0.25) is 0 Å². The van der Waals surface area contributed by atoms with E-state index < -0.39 is 16.9 Å². The number of benzene rings is 2. The Kier molecular flexibility index (Phi) is 5.08. The number of anilines is 1. The highest BCUT2D eigenvalue weighted by atomic mass is 19.1. The molecular formula is C19H18FN5O3. The number of carbonyl (C=O) groups excluding carboxylic acids is 1. The van der Waals surface area contributed by atoms with Crippen molar-refractivity contribution in [3.63, 3.8) is 0 Å². The maximum atomic E-state index is 13.1. The monoisotopic (exact) mass is 383 g/mol. The number of nitrogen functional groups attached to an aromatic ring is 1. The van der Waals surface area contributed by atoms with Crippen molar-refractivity contribution >= 4 is 17.3 Å². The first-order chi connectivity index (χ1) is 13.3. The van der Waals surface area contributed by atoms with Gasteiger partial charge in [-0.15, -0.1) is 0 Å². The lowest BCUT2D eigenvalue weighted by atomic mass is 10.1. The molecule has 28 heavy (non-hydrogen) atoms. The maximum absolute atomic E-state index is 13.1. The third kappa shape index (κ3) is 3.68. The molecule has 0 bridgehead atoms. The second kappa shape index (κ2) is 7.47. The van der Waals surface area contributed by atoms with E-state index in [1.54, 1.807) is 29.9 Å². The Balaban J connectivity index is 1.81. The van der Waals surface area contributed by atoms with Gasteiger partial charge in [0.1, 0.15) is 11.5 Å². The van der Waals surface area contributed by atoms with Crippen molar-refractivity contribution in [1.82, 2.24) is 15.1 Å². The van der Waals surface area contributed by atoms with Gasteiger partial charge in [-0.05, 0) is 50.2 Å². The van der Waals surface area contributed by atoms with Crippen LogP contribution in [0.5, 0.6) is 0 Å². The molecule has 0 aliphatic carbocycles. The number of halogens is 1. The van der Waals surface area contributed by atoms with E-state index in [4.69, 9.17) is 5.73 Å². The van der Waals surface area contributed by atoms with Crippen molar-refractivity contribution in [3.05, 3.63) is 81.4 Å². The van der Waals surface area contributed by atoms with Crippen molar-refractivity contribution < 1.29 is 14.1 Å². The SMILES string of the molecule is Cc1c(C(C)NC(=O)c2ccc(N)c([N+](=O)[O-])c2)cnn1-c1ccc(F)cc1. The number of hydrogen-bond donors (Lipinski definition) is 2. The number of nitro benzene ring substituents is 1. The van der Waals surface area contributed by atoms with Gasteiger partial charge in [0.2, 0.25) is 0 Å². The first-order valence-electron chi connectivity index (χ1n) is 8.43. The van der Waals surface area contributed by atoms with Crippen LogP contribution in [0, 0.1) is 22.9 Å². The number of nitrogens with zero attached hydrogens (tertiary/aromatic N) is 3. The Morgan fingerprint density at radius 1 is 1.29 bits per heavy atom. The van der Waals surface area contributed by atoms with Crippen LogP contribution in [0.25, 0.3) is 5.69 Å². The molecule has 0 radical (unpaired) electrons. The lowest BCUT2D eigenvalue weighted by Crippen LogP contribution is -2.27. The smallest absolute Gasteiger partial charge is 0.292 e. The highest BCUT2D eigenvalue weighted by Crippen LogP contribution is 2.24. The van der Waals surface area contributed by atoms with Gasteiger partial charge < -0.3 is 11.1 Å². The first kappa shape index (κ1) is 19.0. The molecule has 0 saturated carbocycles. The van der Waals surface area contributed by atoms with Gasteiger partial charge >= 0.3 is 0 Å². The second-order valence-corrected chi connectivity index (χ2v) is 6.30. The van der Waals surface area contributed by atoms with E-state index in [9.17, 15) is 19.3 Å². The molecule has 3 aromatic rings. The molecule has 8 nitrogen and oxygen atoms in total. The predicted molar refractivity (Wildman–Crippen MR) is 102 cm³/mol. The Morgan fingerprint density at radius 3 is 2.61 bits per heavy atom. The molecule has 1 unspecified atom stereocenters. The van der Waals surface area contributed by atoms with E-state index in [1.807, 2.05) is 6.92 Å². The molecule has 3 N–H and O–H groups in total. The molecule has 1 heterocycles. The van der Waals surface area contributed by atoms with E-state index in [0.717, 1.165) is 17.3 Å². The Labute approximate surface area is 159 Å². The van der Waals surface area contributed by atoms with Crippen molar-refractivity contribution in [2.75, 3.05) is 5.73 Å². The molecule has 1 atom stereocenters. The number of nitro groups is 1. The minimum atomic E-state index is -0.633. The highest BCUT2D eigenvalue weighted by Gasteiger charge is 2.20. The normalized spacial score (nSPS) is 11.8. The van der Waals surface area contributed by atoms with Crippen LogP contribution in [0.3, 0.4) is 0 Å². The summed E-state index contributed by atoms with van der Waals surface area (Å²) in [4.78, 5) is 22.9.